The minimum absolute atomic E-state index is 0.168. The average Bonchev–Trinajstić information content (AvgIpc) is 2.38. The van der Waals surface area contributed by atoms with Crippen molar-refractivity contribution in [1.29, 1.82) is 0 Å². The van der Waals surface area contributed by atoms with Crippen molar-refractivity contribution >= 4 is 11.9 Å². The summed E-state index contributed by atoms with van der Waals surface area (Å²) in [5.74, 6) is 0.321. The Hall–Kier alpha value is -1.66. The third-order valence-corrected chi connectivity index (χ3v) is 3.48. The van der Waals surface area contributed by atoms with Gasteiger partial charge in [0.1, 0.15) is 5.82 Å². The highest BCUT2D eigenvalue weighted by Gasteiger charge is 2.23. The standard InChI is InChI=1S/C13H19N3O3/c1-9(16-6-2-3-11(17)8-16)10-4-5-12(14-7-10)15-13(18)19/h4-5,7,9,11,17H,2-3,6,8H2,1H3,(H,14,15)(H,18,19). The van der Waals surface area contributed by atoms with Crippen LogP contribution in [0.1, 0.15) is 31.4 Å². The zero-order chi connectivity index (χ0) is 13.8. The number of rotatable bonds is 3. The van der Waals surface area contributed by atoms with E-state index in [0.29, 0.717) is 12.4 Å². The molecule has 2 rings (SSSR count). The van der Waals surface area contributed by atoms with Crippen LogP contribution in [0.4, 0.5) is 10.6 Å². The number of aliphatic hydroxyl groups excluding tert-OH is 1. The highest BCUT2D eigenvalue weighted by molar-refractivity contribution is 5.81. The topological polar surface area (TPSA) is 85.7 Å². The van der Waals surface area contributed by atoms with E-state index in [1.165, 1.54) is 0 Å². The van der Waals surface area contributed by atoms with E-state index in [9.17, 15) is 9.90 Å². The number of nitrogens with one attached hydrogen (secondary N) is 1. The lowest BCUT2D eigenvalue weighted by Crippen LogP contribution is -2.39. The van der Waals surface area contributed by atoms with Crippen LogP contribution >= 0.6 is 0 Å². The fourth-order valence-electron chi connectivity index (χ4n) is 2.38. The Morgan fingerprint density at radius 3 is 2.95 bits per heavy atom. The molecule has 1 saturated heterocycles. The number of piperidine rings is 1. The molecule has 19 heavy (non-hydrogen) atoms. The van der Waals surface area contributed by atoms with Gasteiger partial charge in [0.25, 0.3) is 0 Å². The normalized spacial score (nSPS) is 21.9. The van der Waals surface area contributed by atoms with Gasteiger partial charge in [-0.3, -0.25) is 10.2 Å². The summed E-state index contributed by atoms with van der Waals surface area (Å²) in [5.41, 5.74) is 1.02. The van der Waals surface area contributed by atoms with E-state index in [0.717, 1.165) is 24.9 Å². The molecule has 104 valence electrons. The molecule has 0 aliphatic carbocycles. The van der Waals surface area contributed by atoms with E-state index >= 15 is 0 Å². The quantitative estimate of drug-likeness (QED) is 0.774. The molecule has 2 unspecified atom stereocenters. The van der Waals surface area contributed by atoms with Gasteiger partial charge in [0.15, 0.2) is 0 Å². The van der Waals surface area contributed by atoms with Crippen LogP contribution in [0.2, 0.25) is 0 Å². The smallest absolute Gasteiger partial charge is 0.410 e. The number of carboxylic acid groups (broad SMARTS) is 1. The maximum absolute atomic E-state index is 10.5. The van der Waals surface area contributed by atoms with Crippen LogP contribution in [0.3, 0.4) is 0 Å². The Balaban J connectivity index is 2.02. The first-order valence-corrected chi connectivity index (χ1v) is 6.44. The van der Waals surface area contributed by atoms with Crippen LogP contribution in [0, 0.1) is 0 Å². The summed E-state index contributed by atoms with van der Waals surface area (Å²) in [7, 11) is 0. The molecule has 0 aromatic carbocycles. The Morgan fingerprint density at radius 2 is 2.37 bits per heavy atom. The Labute approximate surface area is 112 Å². The van der Waals surface area contributed by atoms with Crippen molar-refractivity contribution < 1.29 is 15.0 Å². The minimum Gasteiger partial charge on any atom is -0.465 e. The second-order valence-corrected chi connectivity index (χ2v) is 4.87. The summed E-state index contributed by atoms with van der Waals surface area (Å²) < 4.78 is 0. The lowest BCUT2D eigenvalue weighted by atomic mass is 10.0. The van der Waals surface area contributed by atoms with Gasteiger partial charge in [0, 0.05) is 18.8 Å². The molecule has 0 saturated carbocycles. The third-order valence-electron chi connectivity index (χ3n) is 3.48. The number of hydrogen-bond donors (Lipinski definition) is 3. The lowest BCUT2D eigenvalue weighted by molar-refractivity contribution is 0.0503. The van der Waals surface area contributed by atoms with Gasteiger partial charge >= 0.3 is 6.09 Å². The zero-order valence-corrected chi connectivity index (χ0v) is 10.9. The zero-order valence-electron chi connectivity index (χ0n) is 10.9. The first kappa shape index (κ1) is 13.8. The van der Waals surface area contributed by atoms with Gasteiger partial charge in [-0.25, -0.2) is 9.78 Å². The molecule has 6 heteroatoms. The molecule has 6 nitrogen and oxygen atoms in total. The SMILES string of the molecule is CC(c1ccc(NC(=O)O)nc1)N1CCCC(O)C1. The summed E-state index contributed by atoms with van der Waals surface area (Å²) in [6, 6.07) is 3.69. The van der Waals surface area contributed by atoms with Crippen molar-refractivity contribution in [2.45, 2.75) is 31.9 Å². The lowest BCUT2D eigenvalue weighted by Gasteiger charge is -2.34. The Morgan fingerprint density at radius 1 is 1.58 bits per heavy atom. The Kier molecular flexibility index (Phi) is 4.34. The largest absolute Gasteiger partial charge is 0.465 e. The van der Waals surface area contributed by atoms with Gasteiger partial charge in [0.2, 0.25) is 0 Å². The molecule has 1 aromatic rings. The number of nitrogens with zero attached hydrogens (tertiary/aromatic N) is 2. The molecule has 0 radical (unpaired) electrons. The fourth-order valence-corrected chi connectivity index (χ4v) is 2.38. The summed E-state index contributed by atoms with van der Waals surface area (Å²) in [6.07, 6.45) is 2.17. The van der Waals surface area contributed by atoms with Gasteiger partial charge in [-0.15, -0.1) is 0 Å². The molecule has 1 aliphatic rings. The van der Waals surface area contributed by atoms with Gasteiger partial charge in [-0.2, -0.15) is 0 Å². The Bertz CT molecular complexity index is 435. The molecule has 1 aromatic heterocycles. The van der Waals surface area contributed by atoms with E-state index in [-0.39, 0.29) is 12.1 Å². The molecule has 2 heterocycles. The second-order valence-electron chi connectivity index (χ2n) is 4.87. The highest BCUT2D eigenvalue weighted by atomic mass is 16.4. The van der Waals surface area contributed by atoms with Crippen molar-refractivity contribution in [1.82, 2.24) is 9.88 Å². The predicted molar refractivity (Wildman–Crippen MR) is 71.1 cm³/mol. The predicted octanol–water partition coefficient (Wildman–Crippen LogP) is 1.69. The van der Waals surface area contributed by atoms with E-state index in [2.05, 4.69) is 22.1 Å². The van der Waals surface area contributed by atoms with Crippen LogP contribution in [0.5, 0.6) is 0 Å². The molecule has 3 N–H and O–H groups in total. The number of pyridine rings is 1. The minimum atomic E-state index is -1.12. The summed E-state index contributed by atoms with van der Waals surface area (Å²) in [4.78, 5) is 16.8. The summed E-state index contributed by atoms with van der Waals surface area (Å²) in [6.45, 7) is 3.71. The van der Waals surface area contributed by atoms with Gasteiger partial charge in [-0.05, 0) is 37.9 Å². The fraction of sp³-hybridized carbons (Fsp3) is 0.538. The first-order valence-electron chi connectivity index (χ1n) is 6.44. The monoisotopic (exact) mass is 265 g/mol. The molecular formula is C13H19N3O3. The maximum Gasteiger partial charge on any atom is 0.410 e. The van der Waals surface area contributed by atoms with Crippen molar-refractivity contribution in [3.8, 4) is 0 Å². The number of anilines is 1. The molecule has 0 spiro atoms. The number of aliphatic hydroxyl groups is 1. The average molecular weight is 265 g/mol. The first-order chi connectivity index (χ1) is 9.06. The molecular weight excluding hydrogens is 246 g/mol. The van der Waals surface area contributed by atoms with E-state index < -0.39 is 6.09 Å². The van der Waals surface area contributed by atoms with Gasteiger partial charge in [-0.1, -0.05) is 6.07 Å². The number of hydrogen-bond acceptors (Lipinski definition) is 4. The van der Waals surface area contributed by atoms with Crippen LogP contribution in [0.15, 0.2) is 18.3 Å². The number of amides is 1. The van der Waals surface area contributed by atoms with E-state index in [1.807, 2.05) is 6.07 Å². The van der Waals surface area contributed by atoms with E-state index in [4.69, 9.17) is 5.11 Å². The van der Waals surface area contributed by atoms with Crippen molar-refractivity contribution in [2.75, 3.05) is 18.4 Å². The number of β-amino-alcohol motifs (C(OH)–C–C–N with tert-alkyl or cyclic N) is 1. The third kappa shape index (κ3) is 3.65. The molecule has 0 bridgehead atoms. The van der Waals surface area contributed by atoms with Crippen LogP contribution < -0.4 is 5.32 Å². The molecule has 2 atom stereocenters. The summed E-state index contributed by atoms with van der Waals surface area (Å²) >= 11 is 0. The number of aromatic nitrogens is 1. The number of likely N-dealkylation sites (tertiary alicyclic amines) is 1. The highest BCUT2D eigenvalue weighted by Crippen LogP contribution is 2.24. The van der Waals surface area contributed by atoms with Gasteiger partial charge < -0.3 is 10.2 Å². The molecule has 1 fully saturated rings. The van der Waals surface area contributed by atoms with Crippen LogP contribution in [-0.2, 0) is 0 Å². The van der Waals surface area contributed by atoms with Gasteiger partial charge in [0.05, 0.1) is 6.10 Å². The van der Waals surface area contributed by atoms with Crippen molar-refractivity contribution in [3.05, 3.63) is 23.9 Å². The van der Waals surface area contributed by atoms with Crippen LogP contribution in [-0.4, -0.2) is 45.4 Å². The molecule has 1 aliphatic heterocycles. The second kappa shape index (κ2) is 5.99. The maximum atomic E-state index is 10.5. The van der Waals surface area contributed by atoms with E-state index in [1.54, 1.807) is 12.3 Å². The van der Waals surface area contributed by atoms with Crippen molar-refractivity contribution in [3.63, 3.8) is 0 Å². The number of carbonyl (C=O) groups is 1. The van der Waals surface area contributed by atoms with Crippen molar-refractivity contribution in [2.24, 2.45) is 0 Å². The summed E-state index contributed by atoms with van der Waals surface area (Å²) in [5, 5.41) is 20.5. The van der Waals surface area contributed by atoms with Crippen LogP contribution in [0.25, 0.3) is 0 Å². The molecule has 1 amide bonds.